The van der Waals surface area contributed by atoms with Crippen LogP contribution in [0.15, 0.2) is 54.6 Å². The van der Waals surface area contributed by atoms with E-state index in [1.165, 1.54) is 11.1 Å². The molecule has 2 rings (SSSR count). The molecule has 0 aromatic heterocycles. The van der Waals surface area contributed by atoms with Crippen LogP contribution in [-0.4, -0.2) is 31.1 Å². The van der Waals surface area contributed by atoms with Gasteiger partial charge >= 0.3 is 0 Å². The molecule has 2 aromatic rings. The summed E-state index contributed by atoms with van der Waals surface area (Å²) in [6.45, 7) is 8.50. The predicted octanol–water partition coefficient (Wildman–Crippen LogP) is 4.97. The summed E-state index contributed by atoms with van der Waals surface area (Å²) in [6, 6.07) is 18.6. The summed E-state index contributed by atoms with van der Waals surface area (Å²) in [7, 11) is 0. The second-order valence-corrected chi connectivity index (χ2v) is 5.54. The highest BCUT2D eigenvalue weighted by Gasteiger charge is 1.99. The van der Waals surface area contributed by atoms with Crippen LogP contribution in [-0.2, 0) is 0 Å². The molecule has 2 heteroatoms. The van der Waals surface area contributed by atoms with Gasteiger partial charge in [-0.25, -0.2) is 0 Å². The molecular formula is C21H27NO. The maximum Gasteiger partial charge on any atom is 0.119 e. The molecule has 0 aliphatic rings. The van der Waals surface area contributed by atoms with E-state index in [1.807, 2.05) is 18.2 Å². The third-order valence-electron chi connectivity index (χ3n) is 3.93. The number of ether oxygens (including phenoxy) is 1. The van der Waals surface area contributed by atoms with Crippen LogP contribution in [0.3, 0.4) is 0 Å². The quantitative estimate of drug-likeness (QED) is 0.479. The average molecular weight is 309 g/mol. The lowest BCUT2D eigenvalue weighted by Gasteiger charge is -2.17. The van der Waals surface area contributed by atoms with Crippen molar-refractivity contribution in [3.05, 3.63) is 65.7 Å². The minimum absolute atomic E-state index is 0.774. The van der Waals surface area contributed by atoms with Gasteiger partial charge in [0.25, 0.3) is 0 Å². The Hall–Kier alpha value is -2.06. The van der Waals surface area contributed by atoms with Gasteiger partial charge in [-0.15, -0.1) is 0 Å². The Balaban J connectivity index is 1.77. The van der Waals surface area contributed by atoms with Gasteiger partial charge < -0.3 is 9.64 Å². The molecule has 0 aliphatic heterocycles. The van der Waals surface area contributed by atoms with Gasteiger partial charge in [0.2, 0.25) is 0 Å². The zero-order valence-electron chi connectivity index (χ0n) is 14.2. The molecule has 0 fully saturated rings. The molecule has 0 amide bonds. The fourth-order valence-corrected chi connectivity index (χ4v) is 2.45. The maximum absolute atomic E-state index is 5.81. The van der Waals surface area contributed by atoms with Gasteiger partial charge in [0.15, 0.2) is 0 Å². The zero-order chi connectivity index (χ0) is 16.3. The van der Waals surface area contributed by atoms with Crippen LogP contribution in [0.2, 0.25) is 0 Å². The van der Waals surface area contributed by atoms with Crippen molar-refractivity contribution < 1.29 is 4.74 Å². The van der Waals surface area contributed by atoms with Gasteiger partial charge in [0, 0.05) is 6.54 Å². The molecule has 23 heavy (non-hydrogen) atoms. The fourth-order valence-electron chi connectivity index (χ4n) is 2.45. The Morgan fingerprint density at radius 2 is 1.43 bits per heavy atom. The first-order valence-corrected chi connectivity index (χ1v) is 8.50. The van der Waals surface area contributed by atoms with Gasteiger partial charge in [-0.3, -0.25) is 0 Å². The summed E-state index contributed by atoms with van der Waals surface area (Å²) in [6.07, 6.45) is 5.32. The van der Waals surface area contributed by atoms with Crippen molar-refractivity contribution in [2.24, 2.45) is 0 Å². The van der Waals surface area contributed by atoms with Crippen molar-refractivity contribution in [2.75, 3.05) is 26.2 Å². The Bertz CT molecular complexity index is 571. The minimum Gasteiger partial charge on any atom is -0.494 e. The molecule has 0 bridgehead atoms. The number of hydrogen-bond acceptors (Lipinski definition) is 2. The summed E-state index contributed by atoms with van der Waals surface area (Å²) >= 11 is 0. The summed E-state index contributed by atoms with van der Waals surface area (Å²) < 4.78 is 5.81. The van der Waals surface area contributed by atoms with Crippen molar-refractivity contribution in [3.63, 3.8) is 0 Å². The Kier molecular flexibility index (Phi) is 7.41. The lowest BCUT2D eigenvalue weighted by molar-refractivity contribution is 0.249. The average Bonchev–Trinajstić information content (AvgIpc) is 2.62. The van der Waals surface area contributed by atoms with Crippen LogP contribution in [0.5, 0.6) is 5.75 Å². The monoisotopic (exact) mass is 309 g/mol. The lowest BCUT2D eigenvalue weighted by Crippen LogP contribution is -2.25. The normalized spacial score (nSPS) is 11.3. The number of nitrogens with zero attached hydrogens (tertiary/aromatic N) is 1. The third-order valence-corrected chi connectivity index (χ3v) is 3.93. The first kappa shape index (κ1) is 17.3. The van der Waals surface area contributed by atoms with Crippen LogP contribution in [0.25, 0.3) is 12.2 Å². The summed E-state index contributed by atoms with van der Waals surface area (Å²) in [5, 5.41) is 0. The van der Waals surface area contributed by atoms with E-state index in [0.717, 1.165) is 38.4 Å². The second kappa shape index (κ2) is 9.86. The van der Waals surface area contributed by atoms with Crippen LogP contribution in [0.4, 0.5) is 0 Å². The smallest absolute Gasteiger partial charge is 0.119 e. The van der Waals surface area contributed by atoms with E-state index in [2.05, 4.69) is 67.3 Å². The molecule has 2 nitrogen and oxygen atoms in total. The van der Waals surface area contributed by atoms with E-state index in [4.69, 9.17) is 4.74 Å². The Morgan fingerprint density at radius 3 is 2.04 bits per heavy atom. The standard InChI is InChI=1S/C21H27NO/c1-3-22(4-2)17-8-18-23-21-15-13-20(14-16-21)12-11-19-9-6-5-7-10-19/h5-7,9-16H,3-4,8,17-18H2,1-2H3. The SMILES string of the molecule is CCN(CC)CCCOc1ccc(C=Cc2ccccc2)cc1. The van der Waals surface area contributed by atoms with Crippen molar-refractivity contribution in [1.82, 2.24) is 4.90 Å². The molecule has 122 valence electrons. The second-order valence-electron chi connectivity index (χ2n) is 5.54. The highest BCUT2D eigenvalue weighted by molar-refractivity contribution is 5.69. The van der Waals surface area contributed by atoms with Crippen molar-refractivity contribution in [3.8, 4) is 5.75 Å². The Labute approximate surface area is 140 Å². The molecule has 0 radical (unpaired) electrons. The molecule has 2 aromatic carbocycles. The van der Waals surface area contributed by atoms with Crippen molar-refractivity contribution in [2.45, 2.75) is 20.3 Å². The van der Waals surface area contributed by atoms with Gasteiger partial charge in [-0.1, -0.05) is 68.5 Å². The molecule has 0 aliphatic carbocycles. The van der Waals surface area contributed by atoms with Crippen LogP contribution in [0.1, 0.15) is 31.4 Å². The molecular weight excluding hydrogens is 282 g/mol. The van der Waals surface area contributed by atoms with Crippen LogP contribution < -0.4 is 4.74 Å². The largest absolute Gasteiger partial charge is 0.494 e. The highest BCUT2D eigenvalue weighted by Crippen LogP contribution is 2.15. The van der Waals surface area contributed by atoms with Crippen LogP contribution >= 0.6 is 0 Å². The van der Waals surface area contributed by atoms with Gasteiger partial charge in [0.1, 0.15) is 5.75 Å². The van der Waals surface area contributed by atoms with E-state index in [0.29, 0.717) is 0 Å². The lowest BCUT2D eigenvalue weighted by atomic mass is 10.1. The third kappa shape index (κ3) is 6.29. The van der Waals surface area contributed by atoms with Crippen molar-refractivity contribution >= 4 is 12.2 Å². The van der Waals surface area contributed by atoms with E-state index in [1.54, 1.807) is 0 Å². The first-order valence-electron chi connectivity index (χ1n) is 8.50. The molecule has 0 N–H and O–H groups in total. The summed E-state index contributed by atoms with van der Waals surface area (Å²) in [5.41, 5.74) is 2.40. The van der Waals surface area contributed by atoms with Gasteiger partial charge in [0.05, 0.1) is 6.61 Å². The first-order chi connectivity index (χ1) is 11.3. The fraction of sp³-hybridized carbons (Fsp3) is 0.333. The maximum atomic E-state index is 5.81. The minimum atomic E-state index is 0.774. The molecule has 0 spiro atoms. The van der Waals surface area contributed by atoms with Gasteiger partial charge in [-0.05, 0) is 42.8 Å². The van der Waals surface area contributed by atoms with E-state index >= 15 is 0 Å². The summed E-state index contributed by atoms with van der Waals surface area (Å²) in [5.74, 6) is 0.946. The molecule has 0 atom stereocenters. The van der Waals surface area contributed by atoms with Crippen LogP contribution in [0, 0.1) is 0 Å². The van der Waals surface area contributed by atoms with Crippen molar-refractivity contribution in [1.29, 1.82) is 0 Å². The predicted molar refractivity (Wildman–Crippen MR) is 99.7 cm³/mol. The molecule has 0 unspecified atom stereocenters. The molecule has 0 saturated carbocycles. The number of benzene rings is 2. The number of hydrogen-bond donors (Lipinski definition) is 0. The van der Waals surface area contributed by atoms with E-state index < -0.39 is 0 Å². The highest BCUT2D eigenvalue weighted by atomic mass is 16.5. The topological polar surface area (TPSA) is 12.5 Å². The molecule has 0 saturated heterocycles. The number of rotatable bonds is 9. The summed E-state index contributed by atoms with van der Waals surface area (Å²) in [4.78, 5) is 2.42. The van der Waals surface area contributed by atoms with E-state index in [9.17, 15) is 0 Å². The Morgan fingerprint density at radius 1 is 0.826 bits per heavy atom. The molecule has 0 heterocycles. The van der Waals surface area contributed by atoms with E-state index in [-0.39, 0.29) is 0 Å². The zero-order valence-corrected chi connectivity index (χ0v) is 14.2. The van der Waals surface area contributed by atoms with Gasteiger partial charge in [-0.2, -0.15) is 0 Å².